The molecule has 1 heterocycles. The average Bonchev–Trinajstić information content (AvgIpc) is 2.28. The van der Waals surface area contributed by atoms with Gasteiger partial charge in [-0.1, -0.05) is 23.9 Å². The van der Waals surface area contributed by atoms with Gasteiger partial charge in [0.1, 0.15) is 5.03 Å². The van der Waals surface area contributed by atoms with E-state index in [2.05, 4.69) is 9.97 Å². The molecule has 2 rings (SSSR count). The molecule has 0 aliphatic carbocycles. The van der Waals surface area contributed by atoms with E-state index in [0.29, 0.717) is 5.03 Å². The lowest BCUT2D eigenvalue weighted by atomic mass is 10.3. The summed E-state index contributed by atoms with van der Waals surface area (Å²) in [5.41, 5.74) is 1.56. The van der Waals surface area contributed by atoms with Gasteiger partial charge in [-0.05, 0) is 19.1 Å². The number of carboxylic acids is 1. The van der Waals surface area contributed by atoms with Crippen molar-refractivity contribution in [2.45, 2.75) is 17.2 Å². The van der Waals surface area contributed by atoms with Gasteiger partial charge >= 0.3 is 0 Å². The van der Waals surface area contributed by atoms with Gasteiger partial charge < -0.3 is 9.90 Å². The number of rotatable bonds is 3. The summed E-state index contributed by atoms with van der Waals surface area (Å²) in [4.78, 5) is 19.1. The molecule has 1 aromatic carbocycles. The molecular formula is C11H9N2O2S-. The van der Waals surface area contributed by atoms with Gasteiger partial charge in [-0.15, -0.1) is 0 Å². The zero-order valence-electron chi connectivity index (χ0n) is 8.58. The molecule has 82 valence electrons. The van der Waals surface area contributed by atoms with E-state index in [0.717, 1.165) is 22.8 Å². The molecule has 2 aromatic rings. The van der Waals surface area contributed by atoms with Crippen molar-refractivity contribution in [3.05, 3.63) is 30.5 Å². The van der Waals surface area contributed by atoms with Gasteiger partial charge in [-0.25, -0.2) is 4.98 Å². The van der Waals surface area contributed by atoms with Crippen LogP contribution in [0, 0.1) is 0 Å². The van der Waals surface area contributed by atoms with Gasteiger partial charge in [0, 0.05) is 5.25 Å². The van der Waals surface area contributed by atoms with Crippen LogP contribution in [0.5, 0.6) is 0 Å². The molecular weight excluding hydrogens is 224 g/mol. The maximum Gasteiger partial charge on any atom is 0.116 e. The summed E-state index contributed by atoms with van der Waals surface area (Å²) in [7, 11) is 0. The number of aromatic nitrogens is 2. The maximum absolute atomic E-state index is 10.6. The van der Waals surface area contributed by atoms with Crippen molar-refractivity contribution in [2.75, 3.05) is 0 Å². The predicted octanol–water partition coefficient (Wildman–Crippen LogP) is 0.860. The third-order valence-electron chi connectivity index (χ3n) is 2.06. The van der Waals surface area contributed by atoms with E-state index < -0.39 is 11.2 Å². The Hall–Kier alpha value is -1.62. The van der Waals surface area contributed by atoms with Crippen LogP contribution in [0.15, 0.2) is 35.5 Å². The fraction of sp³-hybridized carbons (Fsp3) is 0.182. The Labute approximate surface area is 96.7 Å². The topological polar surface area (TPSA) is 65.9 Å². The number of aliphatic carboxylic acids is 1. The zero-order valence-corrected chi connectivity index (χ0v) is 9.40. The van der Waals surface area contributed by atoms with Gasteiger partial charge in [0.15, 0.2) is 0 Å². The van der Waals surface area contributed by atoms with Crippen molar-refractivity contribution in [3.63, 3.8) is 0 Å². The average molecular weight is 233 g/mol. The maximum atomic E-state index is 10.6. The van der Waals surface area contributed by atoms with Crippen molar-refractivity contribution < 1.29 is 9.90 Å². The fourth-order valence-electron chi connectivity index (χ4n) is 1.23. The van der Waals surface area contributed by atoms with Crippen LogP contribution in [0.1, 0.15) is 6.92 Å². The van der Waals surface area contributed by atoms with Crippen LogP contribution < -0.4 is 5.11 Å². The van der Waals surface area contributed by atoms with E-state index in [1.54, 1.807) is 13.1 Å². The SMILES string of the molecule is C[C@@H](Sc1cnc2ccccc2n1)C(=O)[O-]. The third-order valence-corrected chi connectivity index (χ3v) is 3.04. The zero-order chi connectivity index (χ0) is 11.5. The van der Waals surface area contributed by atoms with Crippen molar-refractivity contribution in [1.29, 1.82) is 0 Å². The molecule has 0 fully saturated rings. The van der Waals surface area contributed by atoms with Crippen molar-refractivity contribution in [3.8, 4) is 0 Å². The number of carbonyl (C=O) groups is 1. The Balaban J connectivity index is 2.29. The number of carboxylic acid groups (broad SMARTS) is 1. The van der Waals surface area contributed by atoms with E-state index in [9.17, 15) is 9.90 Å². The number of carbonyl (C=O) groups excluding carboxylic acids is 1. The first-order chi connectivity index (χ1) is 7.66. The van der Waals surface area contributed by atoms with Crippen LogP contribution in [0.3, 0.4) is 0 Å². The van der Waals surface area contributed by atoms with Crippen molar-refractivity contribution in [1.82, 2.24) is 9.97 Å². The number of fused-ring (bicyclic) bond motifs is 1. The first-order valence-electron chi connectivity index (χ1n) is 4.76. The summed E-state index contributed by atoms with van der Waals surface area (Å²) >= 11 is 1.13. The second-order valence-corrected chi connectivity index (χ2v) is 4.64. The van der Waals surface area contributed by atoms with E-state index in [4.69, 9.17) is 0 Å². The molecule has 0 spiro atoms. The molecule has 0 aliphatic rings. The Morgan fingerprint density at radius 1 is 1.38 bits per heavy atom. The van der Waals surface area contributed by atoms with Crippen LogP contribution >= 0.6 is 11.8 Å². The van der Waals surface area contributed by atoms with Gasteiger partial charge in [-0.3, -0.25) is 4.98 Å². The second-order valence-electron chi connectivity index (χ2n) is 3.28. The first-order valence-corrected chi connectivity index (χ1v) is 5.64. The summed E-state index contributed by atoms with van der Waals surface area (Å²) in [6, 6.07) is 7.45. The highest BCUT2D eigenvalue weighted by Crippen LogP contribution is 2.21. The van der Waals surface area contributed by atoms with Gasteiger partial charge in [-0.2, -0.15) is 0 Å². The first kappa shape index (κ1) is 10.9. The Morgan fingerprint density at radius 3 is 2.75 bits per heavy atom. The molecule has 5 heteroatoms. The molecule has 0 unspecified atom stereocenters. The van der Waals surface area contributed by atoms with E-state index >= 15 is 0 Å². The molecule has 1 atom stereocenters. The lowest BCUT2D eigenvalue weighted by Crippen LogP contribution is -2.31. The van der Waals surface area contributed by atoms with Crippen LogP contribution in [0.4, 0.5) is 0 Å². The standard InChI is InChI=1S/C11H10N2O2S/c1-7(11(14)15)16-10-6-12-8-4-2-3-5-9(8)13-10/h2-7H,1H3,(H,14,15)/p-1/t7-/m1/s1. The number of hydrogen-bond donors (Lipinski definition) is 0. The molecule has 0 radical (unpaired) electrons. The summed E-state index contributed by atoms with van der Waals surface area (Å²) in [5, 5.41) is 10.6. The fourth-order valence-corrected chi connectivity index (χ4v) is 1.95. The molecule has 0 N–H and O–H groups in total. The summed E-state index contributed by atoms with van der Waals surface area (Å²) in [5.74, 6) is -1.10. The number of benzene rings is 1. The van der Waals surface area contributed by atoms with Crippen molar-refractivity contribution in [2.24, 2.45) is 0 Å². The monoisotopic (exact) mass is 233 g/mol. The molecule has 0 saturated carbocycles. The minimum Gasteiger partial charge on any atom is -0.549 e. The second kappa shape index (κ2) is 4.49. The molecule has 1 aromatic heterocycles. The highest BCUT2D eigenvalue weighted by Gasteiger charge is 2.07. The minimum atomic E-state index is -1.10. The largest absolute Gasteiger partial charge is 0.549 e. The lowest BCUT2D eigenvalue weighted by Gasteiger charge is -2.10. The van der Waals surface area contributed by atoms with E-state index in [1.807, 2.05) is 24.3 Å². The number of hydrogen-bond acceptors (Lipinski definition) is 5. The minimum absolute atomic E-state index is 0.593. The Bertz CT molecular complexity index is 530. The number of nitrogens with zero attached hydrogens (tertiary/aromatic N) is 2. The van der Waals surface area contributed by atoms with Crippen LogP contribution in [-0.2, 0) is 4.79 Å². The molecule has 0 aliphatic heterocycles. The molecule has 16 heavy (non-hydrogen) atoms. The van der Waals surface area contributed by atoms with Crippen LogP contribution in [0.2, 0.25) is 0 Å². The highest BCUT2D eigenvalue weighted by molar-refractivity contribution is 8.00. The Morgan fingerprint density at radius 2 is 2.06 bits per heavy atom. The van der Waals surface area contributed by atoms with Gasteiger partial charge in [0.25, 0.3) is 0 Å². The quantitative estimate of drug-likeness (QED) is 0.736. The normalized spacial score (nSPS) is 12.6. The number of para-hydroxylation sites is 2. The molecule has 4 nitrogen and oxygen atoms in total. The third kappa shape index (κ3) is 2.30. The van der Waals surface area contributed by atoms with Crippen LogP contribution in [0.25, 0.3) is 11.0 Å². The van der Waals surface area contributed by atoms with Crippen LogP contribution in [-0.4, -0.2) is 21.2 Å². The smallest absolute Gasteiger partial charge is 0.116 e. The summed E-state index contributed by atoms with van der Waals surface area (Å²) < 4.78 is 0. The summed E-state index contributed by atoms with van der Waals surface area (Å²) in [6.07, 6.45) is 1.58. The van der Waals surface area contributed by atoms with Crippen molar-refractivity contribution >= 4 is 28.8 Å². The molecule has 0 amide bonds. The molecule has 0 bridgehead atoms. The highest BCUT2D eigenvalue weighted by atomic mass is 32.2. The van der Waals surface area contributed by atoms with Gasteiger partial charge in [0.05, 0.1) is 23.2 Å². The predicted molar refractivity (Wildman–Crippen MR) is 59.9 cm³/mol. The Kier molecular flexibility index (Phi) is 3.05. The van der Waals surface area contributed by atoms with Gasteiger partial charge in [0.2, 0.25) is 0 Å². The lowest BCUT2D eigenvalue weighted by molar-refractivity contribution is -0.304. The molecule has 0 saturated heterocycles. The van der Waals surface area contributed by atoms with E-state index in [-0.39, 0.29) is 0 Å². The van der Waals surface area contributed by atoms with E-state index in [1.165, 1.54) is 0 Å². The number of thioether (sulfide) groups is 1. The summed E-state index contributed by atoms with van der Waals surface area (Å²) in [6.45, 7) is 1.57.